The summed E-state index contributed by atoms with van der Waals surface area (Å²) in [6.07, 6.45) is 1.29. The Labute approximate surface area is 168 Å². The Hall–Kier alpha value is -3.61. The number of carbonyl (C=O) groups is 3. The third-order valence-corrected chi connectivity index (χ3v) is 3.69. The van der Waals surface area contributed by atoms with Gasteiger partial charge in [0.15, 0.2) is 0 Å². The molecule has 7 heteroatoms. The van der Waals surface area contributed by atoms with Gasteiger partial charge in [0, 0.05) is 6.08 Å². The molecule has 0 atom stereocenters. The van der Waals surface area contributed by atoms with Gasteiger partial charge in [-0.3, -0.25) is 0 Å². The smallest absolute Gasteiger partial charge is 0.463 e. The highest BCUT2D eigenvalue weighted by molar-refractivity contribution is 5.91. The Morgan fingerprint density at radius 3 is 2.00 bits per heavy atom. The molecule has 0 amide bonds. The molecule has 0 saturated carbocycles. The van der Waals surface area contributed by atoms with Crippen LogP contribution in [0.5, 0.6) is 11.5 Å². The summed E-state index contributed by atoms with van der Waals surface area (Å²) in [5, 5.41) is 0. The summed E-state index contributed by atoms with van der Waals surface area (Å²) in [6, 6.07) is 13.1. The van der Waals surface area contributed by atoms with Gasteiger partial charge in [0.1, 0.15) is 11.5 Å². The zero-order valence-electron chi connectivity index (χ0n) is 16.1. The van der Waals surface area contributed by atoms with Gasteiger partial charge in [0.05, 0.1) is 18.8 Å². The first-order valence-corrected chi connectivity index (χ1v) is 9.00. The summed E-state index contributed by atoms with van der Waals surface area (Å²) in [5.41, 5.74) is 1.38. The van der Waals surface area contributed by atoms with Gasteiger partial charge in [-0.1, -0.05) is 24.3 Å². The molecule has 0 radical (unpaired) electrons. The monoisotopic (exact) mass is 398 g/mol. The van der Waals surface area contributed by atoms with Crippen LogP contribution in [0, 0.1) is 6.92 Å². The summed E-state index contributed by atoms with van der Waals surface area (Å²) < 4.78 is 20.0. The van der Waals surface area contributed by atoms with Crippen molar-refractivity contribution in [2.75, 3.05) is 13.2 Å². The van der Waals surface area contributed by atoms with Crippen LogP contribution in [-0.4, -0.2) is 31.3 Å². The Morgan fingerprint density at radius 2 is 1.38 bits per heavy atom. The van der Waals surface area contributed by atoms with Gasteiger partial charge in [0.25, 0.3) is 0 Å². The second-order valence-corrected chi connectivity index (χ2v) is 6.01. The van der Waals surface area contributed by atoms with Crippen LogP contribution in [0.3, 0.4) is 0 Å². The van der Waals surface area contributed by atoms with Crippen molar-refractivity contribution in [3.63, 3.8) is 0 Å². The Balaban J connectivity index is 1.71. The molecule has 0 aromatic heterocycles. The number of hydrogen-bond donors (Lipinski definition) is 0. The number of ether oxygens (including phenoxy) is 4. The maximum atomic E-state index is 12.1. The third kappa shape index (κ3) is 7.88. The van der Waals surface area contributed by atoms with E-state index in [9.17, 15) is 14.4 Å². The highest BCUT2D eigenvalue weighted by Gasteiger charge is 2.11. The van der Waals surface area contributed by atoms with Crippen molar-refractivity contribution >= 4 is 18.1 Å². The molecule has 0 heterocycles. The largest absolute Gasteiger partial charge is 0.513 e. The lowest BCUT2D eigenvalue weighted by Gasteiger charge is -2.07. The van der Waals surface area contributed by atoms with E-state index in [4.69, 9.17) is 18.9 Å². The average Bonchev–Trinajstić information content (AvgIpc) is 2.72. The van der Waals surface area contributed by atoms with E-state index in [2.05, 4.69) is 6.58 Å². The van der Waals surface area contributed by atoms with Crippen LogP contribution in [0.4, 0.5) is 4.79 Å². The van der Waals surface area contributed by atoms with Crippen molar-refractivity contribution in [1.29, 1.82) is 0 Å². The fourth-order valence-corrected chi connectivity index (χ4v) is 2.15. The molecule has 2 rings (SSSR count). The number of unbranched alkanes of at least 4 members (excludes halogenated alkanes) is 1. The number of carbonyl (C=O) groups excluding carboxylic acids is 3. The maximum Gasteiger partial charge on any atom is 0.513 e. The third-order valence-electron chi connectivity index (χ3n) is 3.69. The first kappa shape index (κ1) is 21.7. The normalized spacial score (nSPS) is 9.97. The predicted molar refractivity (Wildman–Crippen MR) is 105 cm³/mol. The highest BCUT2D eigenvalue weighted by Crippen LogP contribution is 2.17. The molecule has 7 nitrogen and oxygen atoms in total. The number of hydrogen-bond acceptors (Lipinski definition) is 7. The Morgan fingerprint density at radius 1 is 0.828 bits per heavy atom. The minimum absolute atomic E-state index is 0.130. The molecule has 0 N–H and O–H groups in total. The van der Waals surface area contributed by atoms with Gasteiger partial charge in [-0.15, -0.1) is 0 Å². The molecular formula is C22H22O7. The molecule has 0 fully saturated rings. The lowest BCUT2D eigenvalue weighted by molar-refractivity contribution is -0.137. The van der Waals surface area contributed by atoms with Crippen LogP contribution in [0.2, 0.25) is 0 Å². The van der Waals surface area contributed by atoms with Crippen molar-refractivity contribution in [1.82, 2.24) is 0 Å². The number of esters is 2. The topological polar surface area (TPSA) is 88.1 Å². The van der Waals surface area contributed by atoms with Crippen molar-refractivity contribution < 1.29 is 33.3 Å². The van der Waals surface area contributed by atoms with Crippen LogP contribution in [0.25, 0.3) is 0 Å². The van der Waals surface area contributed by atoms with Gasteiger partial charge in [-0.25, -0.2) is 14.4 Å². The fourth-order valence-electron chi connectivity index (χ4n) is 2.15. The standard InChI is InChI=1S/C22H22O7/c1-3-20(23)26-14-4-5-15-27-22(25)29-19-12-8-17(9-13-19)21(24)28-18-10-6-16(2)7-11-18/h3,6-13H,1,4-5,14-15H2,2H3. The summed E-state index contributed by atoms with van der Waals surface area (Å²) in [5.74, 6) is -0.317. The first-order chi connectivity index (χ1) is 14.0. The quantitative estimate of drug-likeness (QED) is 0.205. The lowest BCUT2D eigenvalue weighted by Crippen LogP contribution is -2.12. The zero-order valence-corrected chi connectivity index (χ0v) is 16.1. The SMILES string of the molecule is C=CC(=O)OCCCCOC(=O)Oc1ccc(C(=O)Oc2ccc(C)cc2)cc1. The molecule has 152 valence electrons. The number of benzene rings is 2. The molecule has 0 aliphatic carbocycles. The number of aryl methyl sites for hydroxylation is 1. The molecule has 0 aliphatic rings. The van der Waals surface area contributed by atoms with E-state index >= 15 is 0 Å². The lowest BCUT2D eigenvalue weighted by atomic mass is 10.2. The van der Waals surface area contributed by atoms with E-state index in [1.54, 1.807) is 12.1 Å². The van der Waals surface area contributed by atoms with E-state index in [1.165, 1.54) is 24.3 Å². The molecule has 0 saturated heterocycles. The van der Waals surface area contributed by atoms with Crippen molar-refractivity contribution in [2.45, 2.75) is 19.8 Å². The molecule has 0 spiro atoms. The van der Waals surface area contributed by atoms with Crippen molar-refractivity contribution in [3.8, 4) is 11.5 Å². The van der Waals surface area contributed by atoms with Gasteiger partial charge in [-0.2, -0.15) is 0 Å². The van der Waals surface area contributed by atoms with Crippen LogP contribution >= 0.6 is 0 Å². The second-order valence-electron chi connectivity index (χ2n) is 6.01. The predicted octanol–water partition coefficient (Wildman–Crippen LogP) is 4.24. The van der Waals surface area contributed by atoms with E-state index in [0.29, 0.717) is 24.2 Å². The van der Waals surface area contributed by atoms with E-state index < -0.39 is 18.1 Å². The summed E-state index contributed by atoms with van der Waals surface area (Å²) in [4.78, 5) is 34.6. The van der Waals surface area contributed by atoms with Crippen LogP contribution in [0.15, 0.2) is 61.2 Å². The van der Waals surface area contributed by atoms with E-state index in [-0.39, 0.29) is 19.0 Å². The molecule has 0 bridgehead atoms. The van der Waals surface area contributed by atoms with Gasteiger partial charge in [0.2, 0.25) is 0 Å². The van der Waals surface area contributed by atoms with Crippen LogP contribution in [0.1, 0.15) is 28.8 Å². The minimum Gasteiger partial charge on any atom is -0.463 e. The molecular weight excluding hydrogens is 376 g/mol. The molecule has 2 aromatic rings. The molecule has 0 unspecified atom stereocenters. The summed E-state index contributed by atoms with van der Waals surface area (Å²) in [7, 11) is 0. The Kier molecular flexibility index (Phi) is 8.44. The average molecular weight is 398 g/mol. The minimum atomic E-state index is -0.858. The van der Waals surface area contributed by atoms with Crippen molar-refractivity contribution in [2.24, 2.45) is 0 Å². The second kappa shape index (κ2) is 11.3. The van der Waals surface area contributed by atoms with E-state index in [0.717, 1.165) is 11.6 Å². The van der Waals surface area contributed by atoms with Gasteiger partial charge >= 0.3 is 18.1 Å². The van der Waals surface area contributed by atoms with Gasteiger partial charge < -0.3 is 18.9 Å². The summed E-state index contributed by atoms with van der Waals surface area (Å²) in [6.45, 7) is 5.59. The fraction of sp³-hybridized carbons (Fsp3) is 0.227. The molecule has 0 aliphatic heterocycles. The van der Waals surface area contributed by atoms with Crippen molar-refractivity contribution in [3.05, 3.63) is 72.3 Å². The van der Waals surface area contributed by atoms with Gasteiger partial charge in [-0.05, 0) is 56.2 Å². The van der Waals surface area contributed by atoms with E-state index in [1.807, 2.05) is 19.1 Å². The highest BCUT2D eigenvalue weighted by atomic mass is 16.7. The molecule has 29 heavy (non-hydrogen) atoms. The summed E-state index contributed by atoms with van der Waals surface area (Å²) >= 11 is 0. The first-order valence-electron chi connectivity index (χ1n) is 9.00. The number of rotatable bonds is 9. The Bertz CT molecular complexity index is 838. The zero-order chi connectivity index (χ0) is 21.1. The van der Waals surface area contributed by atoms with Crippen LogP contribution in [-0.2, 0) is 14.3 Å². The molecule has 2 aromatic carbocycles. The van der Waals surface area contributed by atoms with Crippen LogP contribution < -0.4 is 9.47 Å². The maximum absolute atomic E-state index is 12.1.